The smallest absolute Gasteiger partial charge is 0.229 e. The first-order valence-electron chi connectivity index (χ1n) is 8.08. The van der Waals surface area contributed by atoms with Crippen LogP contribution in [0.15, 0.2) is 0 Å². The predicted octanol–water partition coefficient (Wildman–Crippen LogP) is 2.71. The van der Waals surface area contributed by atoms with Gasteiger partial charge in [-0.3, -0.25) is 4.79 Å². The van der Waals surface area contributed by atoms with Crippen molar-refractivity contribution in [3.8, 4) is 0 Å². The van der Waals surface area contributed by atoms with E-state index in [-0.39, 0.29) is 16.7 Å². The van der Waals surface area contributed by atoms with Gasteiger partial charge < -0.3 is 14.4 Å². The first-order chi connectivity index (χ1) is 9.52. The zero-order valence-electron chi connectivity index (χ0n) is 13.0. The number of carbonyl (C=O) groups is 1. The fourth-order valence-corrected chi connectivity index (χ4v) is 4.59. The summed E-state index contributed by atoms with van der Waals surface area (Å²) < 4.78 is 11.7. The van der Waals surface area contributed by atoms with Crippen molar-refractivity contribution >= 4 is 5.91 Å². The average molecular weight is 281 g/mol. The molecule has 0 aromatic rings. The number of nitrogens with zero attached hydrogens (tertiary/aromatic N) is 1. The van der Waals surface area contributed by atoms with Gasteiger partial charge in [0, 0.05) is 25.4 Å². The van der Waals surface area contributed by atoms with Gasteiger partial charge >= 0.3 is 0 Å². The molecule has 1 aliphatic carbocycles. The lowest BCUT2D eigenvalue weighted by atomic mass is 9.70. The van der Waals surface area contributed by atoms with Crippen molar-refractivity contribution in [3.05, 3.63) is 0 Å². The molecule has 2 saturated heterocycles. The molecule has 3 fully saturated rings. The van der Waals surface area contributed by atoms with E-state index in [1.54, 1.807) is 0 Å². The summed E-state index contributed by atoms with van der Waals surface area (Å²) in [7, 11) is 2.00. The number of ether oxygens (including phenoxy) is 2. The van der Waals surface area contributed by atoms with Gasteiger partial charge in [-0.05, 0) is 32.1 Å². The molecule has 2 heterocycles. The number of hydrogen-bond donors (Lipinski definition) is 0. The molecular formula is C16H27NO3. The lowest BCUT2D eigenvalue weighted by molar-refractivity contribution is -0.192. The lowest BCUT2D eigenvalue weighted by Gasteiger charge is -2.45. The fourth-order valence-electron chi connectivity index (χ4n) is 4.59. The molecule has 0 N–H and O–H groups in total. The van der Waals surface area contributed by atoms with E-state index in [0.717, 1.165) is 58.2 Å². The second-order valence-corrected chi connectivity index (χ2v) is 6.86. The molecule has 0 aromatic heterocycles. The van der Waals surface area contributed by atoms with Crippen LogP contribution >= 0.6 is 0 Å². The molecule has 1 amide bonds. The molecule has 20 heavy (non-hydrogen) atoms. The highest BCUT2D eigenvalue weighted by molar-refractivity contribution is 5.86. The molecule has 1 saturated carbocycles. The van der Waals surface area contributed by atoms with E-state index in [9.17, 15) is 4.79 Å². The Morgan fingerprint density at radius 3 is 2.05 bits per heavy atom. The first kappa shape index (κ1) is 14.3. The monoisotopic (exact) mass is 281 g/mol. The zero-order valence-corrected chi connectivity index (χ0v) is 13.0. The molecule has 2 spiro atoms. The van der Waals surface area contributed by atoms with Gasteiger partial charge in [0.15, 0.2) is 5.79 Å². The number of carbonyl (C=O) groups excluding carboxylic acids is 1. The minimum absolute atomic E-state index is 0.0453. The second kappa shape index (κ2) is 4.70. The molecule has 4 heteroatoms. The van der Waals surface area contributed by atoms with Gasteiger partial charge in [-0.15, -0.1) is 0 Å². The maximum atomic E-state index is 12.7. The Labute approximate surface area is 121 Å². The number of rotatable bonds is 2. The molecule has 0 aromatic carbocycles. The molecule has 0 atom stereocenters. The van der Waals surface area contributed by atoms with E-state index >= 15 is 0 Å². The number of hydrogen-bond acceptors (Lipinski definition) is 3. The van der Waals surface area contributed by atoms with Crippen molar-refractivity contribution in [3.63, 3.8) is 0 Å². The zero-order chi connectivity index (χ0) is 14.4. The summed E-state index contributed by atoms with van der Waals surface area (Å²) in [6.45, 7) is 5.74. The molecule has 0 radical (unpaired) electrons. The summed E-state index contributed by atoms with van der Waals surface area (Å²) in [6.07, 6.45) is 6.79. The van der Waals surface area contributed by atoms with E-state index in [0.29, 0.717) is 5.91 Å². The van der Waals surface area contributed by atoms with E-state index in [1.165, 1.54) is 0 Å². The normalized spacial score (nSPS) is 30.6. The van der Waals surface area contributed by atoms with E-state index in [4.69, 9.17) is 9.47 Å². The highest BCUT2D eigenvalue weighted by Gasteiger charge is 2.59. The third-order valence-corrected chi connectivity index (χ3v) is 6.25. The highest BCUT2D eigenvalue weighted by Crippen LogP contribution is 2.54. The topological polar surface area (TPSA) is 38.8 Å². The van der Waals surface area contributed by atoms with Crippen molar-refractivity contribution in [1.29, 1.82) is 0 Å². The van der Waals surface area contributed by atoms with Crippen LogP contribution in [-0.4, -0.2) is 42.4 Å². The number of likely N-dealkylation sites (tertiary alicyclic amines) is 1. The second-order valence-electron chi connectivity index (χ2n) is 6.86. The van der Waals surface area contributed by atoms with Crippen LogP contribution in [-0.2, 0) is 14.3 Å². The lowest BCUT2D eigenvalue weighted by Crippen LogP contribution is -2.50. The molecule has 114 valence electrons. The van der Waals surface area contributed by atoms with Crippen molar-refractivity contribution in [1.82, 2.24) is 4.90 Å². The quantitative estimate of drug-likeness (QED) is 0.781. The van der Waals surface area contributed by atoms with Crippen LogP contribution in [0, 0.1) is 5.41 Å². The fraction of sp³-hybridized carbons (Fsp3) is 0.938. The Balaban J connectivity index is 1.79. The summed E-state index contributed by atoms with van der Waals surface area (Å²) in [5.41, 5.74) is -0.0830. The molecular weight excluding hydrogens is 254 g/mol. The largest absolute Gasteiger partial charge is 0.348 e. The summed E-state index contributed by atoms with van der Waals surface area (Å²) >= 11 is 0. The van der Waals surface area contributed by atoms with Crippen LogP contribution in [0.25, 0.3) is 0 Å². The highest BCUT2D eigenvalue weighted by atomic mass is 16.7. The Kier molecular flexibility index (Phi) is 3.37. The summed E-state index contributed by atoms with van der Waals surface area (Å²) in [4.78, 5) is 14.8. The molecule has 3 rings (SSSR count). The first-order valence-corrected chi connectivity index (χ1v) is 8.08. The minimum Gasteiger partial charge on any atom is -0.348 e. The number of amides is 1. The maximum Gasteiger partial charge on any atom is 0.229 e. The molecule has 3 aliphatic rings. The summed E-state index contributed by atoms with van der Waals surface area (Å²) in [6, 6.07) is 0. The Morgan fingerprint density at radius 1 is 1.05 bits per heavy atom. The van der Waals surface area contributed by atoms with Crippen molar-refractivity contribution in [2.75, 3.05) is 20.3 Å². The third-order valence-electron chi connectivity index (χ3n) is 6.25. The molecule has 0 bridgehead atoms. The van der Waals surface area contributed by atoms with E-state index in [2.05, 4.69) is 18.7 Å². The van der Waals surface area contributed by atoms with Crippen molar-refractivity contribution < 1.29 is 14.3 Å². The van der Waals surface area contributed by atoms with E-state index < -0.39 is 0 Å². The molecule has 2 aliphatic heterocycles. The van der Waals surface area contributed by atoms with Crippen LogP contribution in [0.2, 0.25) is 0 Å². The van der Waals surface area contributed by atoms with Gasteiger partial charge in [-0.2, -0.15) is 0 Å². The van der Waals surface area contributed by atoms with Crippen LogP contribution in [0.1, 0.15) is 58.8 Å². The van der Waals surface area contributed by atoms with Crippen LogP contribution in [0.3, 0.4) is 0 Å². The van der Waals surface area contributed by atoms with Crippen LogP contribution in [0.4, 0.5) is 0 Å². The van der Waals surface area contributed by atoms with E-state index in [1.807, 2.05) is 7.05 Å². The van der Waals surface area contributed by atoms with Crippen LogP contribution < -0.4 is 0 Å². The average Bonchev–Trinajstić information content (AvgIpc) is 3.01. The Morgan fingerprint density at radius 2 is 1.60 bits per heavy atom. The van der Waals surface area contributed by atoms with Gasteiger partial charge in [0.25, 0.3) is 0 Å². The van der Waals surface area contributed by atoms with Gasteiger partial charge in [0.1, 0.15) is 0 Å². The van der Waals surface area contributed by atoms with Crippen molar-refractivity contribution in [2.45, 2.75) is 70.1 Å². The standard InChI is InChI=1S/C16H27NO3/c1-4-14(5-2)12-15(17(3)13(14)18)6-8-16(9-7-15)19-10-11-20-16/h4-12H2,1-3H3. The minimum atomic E-state index is -0.335. The van der Waals surface area contributed by atoms with Gasteiger partial charge in [0.05, 0.1) is 18.6 Å². The third kappa shape index (κ3) is 1.84. The van der Waals surface area contributed by atoms with Crippen molar-refractivity contribution in [2.24, 2.45) is 5.41 Å². The summed E-state index contributed by atoms with van der Waals surface area (Å²) in [5.74, 6) is 0.0189. The molecule has 0 unspecified atom stereocenters. The maximum absolute atomic E-state index is 12.7. The SMILES string of the molecule is CCC1(CC)CC2(CCC3(CC2)OCCO3)N(C)C1=O. The van der Waals surface area contributed by atoms with Gasteiger partial charge in [-0.1, -0.05) is 13.8 Å². The van der Waals surface area contributed by atoms with Gasteiger partial charge in [0.2, 0.25) is 5.91 Å². The predicted molar refractivity (Wildman–Crippen MR) is 76.2 cm³/mol. The molecule has 4 nitrogen and oxygen atoms in total. The Hall–Kier alpha value is -0.610. The van der Waals surface area contributed by atoms with Crippen LogP contribution in [0.5, 0.6) is 0 Å². The Bertz CT molecular complexity index is 387. The van der Waals surface area contributed by atoms with Gasteiger partial charge in [-0.25, -0.2) is 0 Å². The summed E-state index contributed by atoms with van der Waals surface area (Å²) in [5, 5.41) is 0.